The second kappa shape index (κ2) is 5.65. The average molecular weight is 244 g/mol. The van der Waals surface area contributed by atoms with E-state index in [-0.39, 0.29) is 12.5 Å². The van der Waals surface area contributed by atoms with Crippen LogP contribution in [0.25, 0.3) is 0 Å². The van der Waals surface area contributed by atoms with Crippen molar-refractivity contribution in [2.24, 2.45) is 5.41 Å². The number of rotatable bonds is 5. The lowest BCUT2D eigenvalue weighted by Gasteiger charge is -2.28. The second-order valence-electron chi connectivity index (χ2n) is 4.54. The third-order valence-corrected chi connectivity index (χ3v) is 2.56. The van der Waals surface area contributed by atoms with Gasteiger partial charge in [0.2, 0.25) is 11.8 Å². The Kier molecular flexibility index (Phi) is 5.12. The average Bonchev–Trinajstić information content (AvgIpc) is 2.23. The second-order valence-corrected chi connectivity index (χ2v) is 4.54. The standard InChI is InChI=1S/C11H20N2O4/c1-6-13(7-8(14)12(4)5)9(15)11(2,3)10(16)17/h6-7H2,1-5H3,(H,16,17). The predicted octanol–water partition coefficient (Wildman–Crippen LogP) is 0.0339. The minimum absolute atomic E-state index is 0.0982. The Morgan fingerprint density at radius 3 is 1.94 bits per heavy atom. The summed E-state index contributed by atoms with van der Waals surface area (Å²) in [5.41, 5.74) is -1.51. The Labute approximate surface area is 101 Å². The first-order valence-electron chi connectivity index (χ1n) is 5.37. The molecule has 6 nitrogen and oxygen atoms in total. The van der Waals surface area contributed by atoms with Crippen molar-refractivity contribution in [1.82, 2.24) is 9.80 Å². The highest BCUT2D eigenvalue weighted by molar-refractivity contribution is 6.02. The van der Waals surface area contributed by atoms with Crippen LogP contribution >= 0.6 is 0 Å². The molecule has 1 N–H and O–H groups in total. The first-order chi connectivity index (χ1) is 7.64. The molecule has 0 saturated carbocycles. The van der Waals surface area contributed by atoms with Crippen molar-refractivity contribution >= 4 is 17.8 Å². The van der Waals surface area contributed by atoms with Crippen LogP contribution in [0.3, 0.4) is 0 Å². The number of aliphatic carboxylic acids is 1. The minimum Gasteiger partial charge on any atom is -0.480 e. The maximum absolute atomic E-state index is 12.0. The van der Waals surface area contributed by atoms with Gasteiger partial charge in [0, 0.05) is 20.6 Å². The van der Waals surface area contributed by atoms with Gasteiger partial charge in [0.15, 0.2) is 0 Å². The van der Waals surface area contributed by atoms with Crippen LogP contribution in [0, 0.1) is 5.41 Å². The van der Waals surface area contributed by atoms with Crippen molar-refractivity contribution in [3.05, 3.63) is 0 Å². The molecule has 0 unspecified atom stereocenters. The number of hydrogen-bond donors (Lipinski definition) is 1. The van der Waals surface area contributed by atoms with Crippen LogP contribution in [-0.4, -0.2) is 59.9 Å². The van der Waals surface area contributed by atoms with E-state index in [2.05, 4.69) is 0 Å². The summed E-state index contributed by atoms with van der Waals surface area (Å²) in [5.74, 6) is -1.98. The van der Waals surface area contributed by atoms with Crippen LogP contribution in [0.5, 0.6) is 0 Å². The highest BCUT2D eigenvalue weighted by Gasteiger charge is 2.39. The summed E-state index contributed by atoms with van der Waals surface area (Å²) in [6.07, 6.45) is 0. The molecule has 0 aliphatic rings. The summed E-state index contributed by atoms with van der Waals surface area (Å²) >= 11 is 0. The lowest BCUT2D eigenvalue weighted by atomic mass is 9.92. The third kappa shape index (κ3) is 3.72. The molecule has 0 aromatic heterocycles. The number of nitrogens with zero attached hydrogens (tertiary/aromatic N) is 2. The number of hydrogen-bond acceptors (Lipinski definition) is 3. The number of likely N-dealkylation sites (N-methyl/N-ethyl adjacent to an activating group) is 2. The van der Waals surface area contributed by atoms with Crippen LogP contribution in [0.4, 0.5) is 0 Å². The Morgan fingerprint density at radius 2 is 1.65 bits per heavy atom. The minimum atomic E-state index is -1.51. The van der Waals surface area contributed by atoms with Crippen LogP contribution in [-0.2, 0) is 14.4 Å². The molecule has 0 rings (SSSR count). The van der Waals surface area contributed by atoms with E-state index in [1.54, 1.807) is 21.0 Å². The molecule has 0 heterocycles. The molecule has 0 aliphatic carbocycles. The maximum atomic E-state index is 12.0. The fourth-order valence-electron chi connectivity index (χ4n) is 1.12. The quantitative estimate of drug-likeness (QED) is 0.692. The number of carbonyl (C=O) groups excluding carboxylic acids is 2. The number of carboxylic acids is 1. The van der Waals surface area contributed by atoms with Gasteiger partial charge in [-0.2, -0.15) is 0 Å². The molecule has 0 bridgehead atoms. The van der Waals surface area contributed by atoms with Crippen molar-refractivity contribution in [3.63, 3.8) is 0 Å². The molecule has 0 aromatic rings. The Bertz CT molecular complexity index is 323. The van der Waals surface area contributed by atoms with Gasteiger partial charge in [0.25, 0.3) is 0 Å². The number of amides is 2. The predicted molar refractivity (Wildman–Crippen MR) is 62.4 cm³/mol. The molecular formula is C11H20N2O4. The Balaban J connectivity index is 4.85. The van der Waals surface area contributed by atoms with Gasteiger partial charge in [-0.3, -0.25) is 14.4 Å². The highest BCUT2D eigenvalue weighted by atomic mass is 16.4. The molecule has 17 heavy (non-hydrogen) atoms. The van der Waals surface area contributed by atoms with Crippen molar-refractivity contribution in [3.8, 4) is 0 Å². The summed E-state index contributed by atoms with van der Waals surface area (Å²) in [5, 5.41) is 8.96. The van der Waals surface area contributed by atoms with Crippen LogP contribution < -0.4 is 0 Å². The molecule has 6 heteroatoms. The summed E-state index contributed by atoms with van der Waals surface area (Å²) in [7, 11) is 3.17. The largest absolute Gasteiger partial charge is 0.480 e. The molecule has 0 atom stereocenters. The third-order valence-electron chi connectivity index (χ3n) is 2.56. The topological polar surface area (TPSA) is 77.9 Å². The van der Waals surface area contributed by atoms with Gasteiger partial charge < -0.3 is 14.9 Å². The lowest BCUT2D eigenvalue weighted by Crippen LogP contribution is -2.48. The fourth-order valence-corrected chi connectivity index (χ4v) is 1.12. The van der Waals surface area contributed by atoms with Crippen LogP contribution in [0.2, 0.25) is 0 Å². The first-order valence-corrected chi connectivity index (χ1v) is 5.37. The van der Waals surface area contributed by atoms with Gasteiger partial charge in [-0.15, -0.1) is 0 Å². The van der Waals surface area contributed by atoms with Gasteiger partial charge in [0.05, 0.1) is 6.54 Å². The Morgan fingerprint density at radius 1 is 1.18 bits per heavy atom. The van der Waals surface area contributed by atoms with Gasteiger partial charge in [-0.1, -0.05) is 0 Å². The van der Waals surface area contributed by atoms with E-state index in [9.17, 15) is 14.4 Å². The summed E-state index contributed by atoms with van der Waals surface area (Å²) in [4.78, 5) is 37.0. The van der Waals surface area contributed by atoms with Gasteiger partial charge in [0.1, 0.15) is 5.41 Å². The van der Waals surface area contributed by atoms with E-state index < -0.39 is 17.3 Å². The smallest absolute Gasteiger partial charge is 0.318 e. The van der Waals surface area contributed by atoms with E-state index in [0.717, 1.165) is 0 Å². The maximum Gasteiger partial charge on any atom is 0.318 e. The van der Waals surface area contributed by atoms with E-state index in [1.165, 1.54) is 23.6 Å². The number of carbonyl (C=O) groups is 3. The summed E-state index contributed by atoms with van der Waals surface area (Å²) < 4.78 is 0. The molecule has 0 aliphatic heterocycles. The van der Waals surface area contributed by atoms with Crippen molar-refractivity contribution in [2.75, 3.05) is 27.2 Å². The normalized spacial score (nSPS) is 10.9. The SMILES string of the molecule is CCN(CC(=O)N(C)C)C(=O)C(C)(C)C(=O)O. The van der Waals surface area contributed by atoms with Gasteiger partial charge in [-0.25, -0.2) is 0 Å². The van der Waals surface area contributed by atoms with Gasteiger partial charge >= 0.3 is 5.97 Å². The fraction of sp³-hybridized carbons (Fsp3) is 0.727. The molecule has 0 saturated heterocycles. The molecule has 0 aromatic carbocycles. The molecule has 2 amide bonds. The molecule has 0 fully saturated rings. The van der Waals surface area contributed by atoms with Gasteiger partial charge in [-0.05, 0) is 20.8 Å². The number of carboxylic acid groups (broad SMARTS) is 1. The summed E-state index contributed by atoms with van der Waals surface area (Å²) in [6, 6.07) is 0. The molecule has 0 radical (unpaired) electrons. The zero-order chi connectivity index (χ0) is 13.8. The molecule has 0 spiro atoms. The monoisotopic (exact) mass is 244 g/mol. The van der Waals surface area contributed by atoms with Crippen molar-refractivity contribution in [2.45, 2.75) is 20.8 Å². The lowest BCUT2D eigenvalue weighted by molar-refractivity contribution is -0.159. The van der Waals surface area contributed by atoms with Crippen LogP contribution in [0.1, 0.15) is 20.8 Å². The van der Waals surface area contributed by atoms with Crippen molar-refractivity contribution in [1.29, 1.82) is 0 Å². The molecular weight excluding hydrogens is 224 g/mol. The highest BCUT2D eigenvalue weighted by Crippen LogP contribution is 2.19. The van der Waals surface area contributed by atoms with E-state index in [0.29, 0.717) is 6.54 Å². The Hall–Kier alpha value is -1.59. The molecule has 98 valence electrons. The van der Waals surface area contributed by atoms with Crippen molar-refractivity contribution < 1.29 is 19.5 Å². The van der Waals surface area contributed by atoms with E-state index >= 15 is 0 Å². The van der Waals surface area contributed by atoms with Crippen LogP contribution in [0.15, 0.2) is 0 Å². The summed E-state index contributed by atoms with van der Waals surface area (Å²) in [6.45, 7) is 4.58. The zero-order valence-corrected chi connectivity index (χ0v) is 11.0. The first kappa shape index (κ1) is 15.4. The van der Waals surface area contributed by atoms with E-state index in [1.807, 2.05) is 0 Å². The zero-order valence-electron chi connectivity index (χ0n) is 11.0. The van der Waals surface area contributed by atoms with E-state index in [4.69, 9.17) is 5.11 Å².